The van der Waals surface area contributed by atoms with Crippen LogP contribution in [0.5, 0.6) is 0 Å². The SMILES string of the molecule is CCCC1(OC)C(c2ccc[nH]2)CCC[Si]1(OC)OC. The summed E-state index contributed by atoms with van der Waals surface area (Å²) in [5.41, 5.74) is 1.24. The number of hydrogen-bond donors (Lipinski definition) is 1. The molecular formula is C15H27NO3Si. The molecule has 2 heterocycles. The van der Waals surface area contributed by atoms with E-state index >= 15 is 0 Å². The van der Waals surface area contributed by atoms with Gasteiger partial charge in [0.25, 0.3) is 0 Å². The summed E-state index contributed by atoms with van der Waals surface area (Å²) < 4.78 is 18.1. The molecule has 0 radical (unpaired) electrons. The van der Waals surface area contributed by atoms with Gasteiger partial charge in [-0.05, 0) is 31.0 Å². The average Bonchev–Trinajstić information content (AvgIpc) is 3.01. The highest BCUT2D eigenvalue weighted by Crippen LogP contribution is 2.50. The molecule has 20 heavy (non-hydrogen) atoms. The van der Waals surface area contributed by atoms with E-state index < -0.39 is 8.56 Å². The zero-order valence-corrected chi connectivity index (χ0v) is 14.1. The van der Waals surface area contributed by atoms with Crippen molar-refractivity contribution in [2.75, 3.05) is 21.3 Å². The van der Waals surface area contributed by atoms with E-state index in [2.05, 4.69) is 24.0 Å². The summed E-state index contributed by atoms with van der Waals surface area (Å²) in [6, 6.07) is 5.22. The Labute approximate surface area is 123 Å². The number of hydrogen-bond acceptors (Lipinski definition) is 3. The second-order valence-corrected chi connectivity index (χ2v) is 9.24. The molecule has 5 heteroatoms. The fraction of sp³-hybridized carbons (Fsp3) is 0.733. The zero-order valence-electron chi connectivity index (χ0n) is 13.1. The molecule has 1 aliphatic rings. The third kappa shape index (κ3) is 2.26. The predicted molar refractivity (Wildman–Crippen MR) is 82.0 cm³/mol. The minimum Gasteiger partial charge on any atom is -0.396 e. The minimum absolute atomic E-state index is 0.311. The standard InChI is InChI=1S/C15H27NO3Si/c1-5-10-15(17-2)13(14-9-6-11-16-14)8-7-12-20(15,18-3)19-4/h6,9,11,13,16H,5,7-8,10,12H2,1-4H3. The molecule has 1 N–H and O–H groups in total. The quantitative estimate of drug-likeness (QED) is 0.819. The molecule has 0 amide bonds. The Morgan fingerprint density at radius 2 is 2.10 bits per heavy atom. The summed E-state index contributed by atoms with van der Waals surface area (Å²) in [5, 5.41) is -0.311. The van der Waals surface area contributed by atoms with E-state index in [-0.39, 0.29) is 5.22 Å². The highest BCUT2D eigenvalue weighted by molar-refractivity contribution is 6.71. The van der Waals surface area contributed by atoms with Crippen LogP contribution in [0.2, 0.25) is 6.04 Å². The van der Waals surface area contributed by atoms with Gasteiger partial charge in [0.15, 0.2) is 0 Å². The van der Waals surface area contributed by atoms with E-state index in [9.17, 15) is 0 Å². The maximum Gasteiger partial charge on any atom is 0.371 e. The molecule has 4 nitrogen and oxygen atoms in total. The molecule has 114 valence electrons. The van der Waals surface area contributed by atoms with Crippen molar-refractivity contribution < 1.29 is 13.6 Å². The van der Waals surface area contributed by atoms with Crippen LogP contribution in [0.25, 0.3) is 0 Å². The molecular weight excluding hydrogens is 270 g/mol. The lowest BCUT2D eigenvalue weighted by Crippen LogP contribution is -2.67. The van der Waals surface area contributed by atoms with Crippen LogP contribution in [-0.4, -0.2) is 40.1 Å². The maximum absolute atomic E-state index is 6.15. The number of nitrogens with one attached hydrogen (secondary N) is 1. The summed E-state index contributed by atoms with van der Waals surface area (Å²) in [6.07, 6.45) is 6.27. The molecule has 2 rings (SSSR count). The first-order chi connectivity index (χ1) is 9.69. The molecule has 0 saturated carbocycles. The van der Waals surface area contributed by atoms with Crippen molar-refractivity contribution in [3.05, 3.63) is 24.0 Å². The lowest BCUT2D eigenvalue weighted by atomic mass is 9.89. The first-order valence-electron chi connectivity index (χ1n) is 7.48. The Kier molecular flexibility index (Phi) is 5.07. The smallest absolute Gasteiger partial charge is 0.371 e. The lowest BCUT2D eigenvalue weighted by molar-refractivity contribution is -0.0310. The van der Waals surface area contributed by atoms with Gasteiger partial charge in [-0.1, -0.05) is 19.8 Å². The largest absolute Gasteiger partial charge is 0.396 e. The Balaban J connectivity index is 2.49. The average molecular weight is 297 g/mol. The van der Waals surface area contributed by atoms with Crippen LogP contribution in [0.4, 0.5) is 0 Å². The van der Waals surface area contributed by atoms with E-state index in [0.29, 0.717) is 5.92 Å². The Morgan fingerprint density at radius 1 is 1.35 bits per heavy atom. The number of rotatable bonds is 6. The first-order valence-corrected chi connectivity index (χ1v) is 9.50. The van der Waals surface area contributed by atoms with Gasteiger partial charge in [-0.2, -0.15) is 0 Å². The molecule has 1 aromatic rings. The summed E-state index contributed by atoms with van der Waals surface area (Å²) in [6.45, 7) is 2.20. The topological polar surface area (TPSA) is 43.5 Å². The fourth-order valence-corrected chi connectivity index (χ4v) is 8.12. The van der Waals surface area contributed by atoms with Crippen LogP contribution in [0.1, 0.15) is 44.2 Å². The second-order valence-electron chi connectivity index (χ2n) is 5.58. The van der Waals surface area contributed by atoms with E-state index in [1.807, 2.05) is 13.3 Å². The van der Waals surface area contributed by atoms with Gasteiger partial charge in [-0.15, -0.1) is 0 Å². The number of methoxy groups -OCH3 is 1. The second kappa shape index (κ2) is 6.43. The van der Waals surface area contributed by atoms with Crippen molar-refractivity contribution >= 4 is 8.56 Å². The van der Waals surface area contributed by atoms with Crippen LogP contribution in [0.3, 0.4) is 0 Å². The van der Waals surface area contributed by atoms with Crippen LogP contribution in [0, 0.1) is 0 Å². The van der Waals surface area contributed by atoms with E-state index in [1.54, 1.807) is 14.2 Å². The fourth-order valence-electron chi connectivity index (χ4n) is 3.99. The molecule has 1 fully saturated rings. The Hall–Kier alpha value is -0.623. The molecule has 0 aromatic carbocycles. The van der Waals surface area contributed by atoms with Crippen LogP contribution < -0.4 is 0 Å². The predicted octanol–water partition coefficient (Wildman–Crippen LogP) is 3.35. The van der Waals surface area contributed by atoms with Gasteiger partial charge >= 0.3 is 8.56 Å². The number of H-pyrrole nitrogens is 1. The minimum atomic E-state index is -2.39. The van der Waals surface area contributed by atoms with Crippen molar-refractivity contribution in [1.82, 2.24) is 4.98 Å². The monoisotopic (exact) mass is 297 g/mol. The lowest BCUT2D eigenvalue weighted by Gasteiger charge is -2.52. The van der Waals surface area contributed by atoms with Crippen molar-refractivity contribution in [3.8, 4) is 0 Å². The summed E-state index contributed by atoms with van der Waals surface area (Å²) in [5.74, 6) is 0.322. The van der Waals surface area contributed by atoms with Crippen molar-refractivity contribution in [2.45, 2.75) is 49.8 Å². The van der Waals surface area contributed by atoms with Gasteiger partial charge < -0.3 is 18.6 Å². The summed E-state index contributed by atoms with van der Waals surface area (Å²) >= 11 is 0. The molecule has 2 atom stereocenters. The van der Waals surface area contributed by atoms with Crippen molar-refractivity contribution in [3.63, 3.8) is 0 Å². The van der Waals surface area contributed by atoms with Crippen LogP contribution >= 0.6 is 0 Å². The third-order valence-electron chi connectivity index (χ3n) is 4.85. The van der Waals surface area contributed by atoms with Gasteiger partial charge in [0.05, 0.1) is 0 Å². The van der Waals surface area contributed by atoms with Gasteiger partial charge in [0, 0.05) is 39.1 Å². The molecule has 2 unspecified atom stereocenters. The van der Waals surface area contributed by atoms with Gasteiger partial charge in [-0.25, -0.2) is 0 Å². The van der Waals surface area contributed by atoms with Crippen molar-refractivity contribution in [1.29, 1.82) is 0 Å². The van der Waals surface area contributed by atoms with E-state index in [1.165, 1.54) is 5.69 Å². The Bertz CT molecular complexity index is 405. The highest BCUT2D eigenvalue weighted by Gasteiger charge is 2.63. The number of aromatic amines is 1. The van der Waals surface area contributed by atoms with Gasteiger partial charge in [0.1, 0.15) is 5.22 Å². The number of aromatic nitrogens is 1. The molecule has 0 spiro atoms. The molecule has 1 aliphatic heterocycles. The molecule has 1 aromatic heterocycles. The molecule has 0 aliphatic carbocycles. The van der Waals surface area contributed by atoms with Gasteiger partial charge in [-0.3, -0.25) is 0 Å². The molecule has 1 saturated heterocycles. The van der Waals surface area contributed by atoms with Crippen LogP contribution in [0.15, 0.2) is 18.3 Å². The molecule has 0 bridgehead atoms. The van der Waals surface area contributed by atoms with Gasteiger partial charge in [0.2, 0.25) is 0 Å². The maximum atomic E-state index is 6.15. The summed E-state index contributed by atoms with van der Waals surface area (Å²) in [4.78, 5) is 3.37. The summed E-state index contributed by atoms with van der Waals surface area (Å²) in [7, 11) is 3.00. The zero-order chi connectivity index (χ0) is 14.6. The normalized spacial score (nSPS) is 29.5. The third-order valence-corrected chi connectivity index (χ3v) is 9.27. The first kappa shape index (κ1) is 15.8. The van der Waals surface area contributed by atoms with Crippen molar-refractivity contribution in [2.24, 2.45) is 0 Å². The van der Waals surface area contributed by atoms with E-state index in [0.717, 1.165) is 31.7 Å². The Morgan fingerprint density at radius 3 is 2.60 bits per heavy atom. The van der Waals surface area contributed by atoms with Crippen LogP contribution in [-0.2, 0) is 13.6 Å². The van der Waals surface area contributed by atoms with E-state index in [4.69, 9.17) is 13.6 Å². The number of ether oxygens (including phenoxy) is 1. The highest BCUT2D eigenvalue weighted by atomic mass is 28.4.